The minimum absolute atomic E-state index is 0.134. The lowest BCUT2D eigenvalue weighted by Crippen LogP contribution is -2.39. The third kappa shape index (κ3) is 8.83. The molecular formula is C26H37NO4S. The molecule has 0 N–H and O–H groups in total. The number of thioether (sulfide) groups is 1. The molecule has 0 saturated heterocycles. The highest BCUT2D eigenvalue weighted by molar-refractivity contribution is 7.99. The number of carbonyl (C=O) groups excluding carboxylic acids is 2. The van der Waals surface area contributed by atoms with Gasteiger partial charge in [0.05, 0.1) is 7.11 Å². The zero-order valence-corrected chi connectivity index (χ0v) is 20.5. The largest absolute Gasteiger partial charge is 0.469 e. The van der Waals surface area contributed by atoms with E-state index in [0.717, 1.165) is 37.1 Å². The molecule has 32 heavy (non-hydrogen) atoms. The fourth-order valence-electron chi connectivity index (χ4n) is 3.67. The topological polar surface area (TPSA) is 55.8 Å². The van der Waals surface area contributed by atoms with Crippen LogP contribution in [0.1, 0.15) is 45.4 Å². The van der Waals surface area contributed by atoms with Gasteiger partial charge in [-0.15, -0.1) is 11.8 Å². The van der Waals surface area contributed by atoms with E-state index < -0.39 is 0 Å². The smallest absolute Gasteiger partial charge is 0.305 e. The molecule has 0 aliphatic heterocycles. The summed E-state index contributed by atoms with van der Waals surface area (Å²) in [6.07, 6.45) is 4.79. The Hall–Kier alpha value is -2.05. The molecule has 0 unspecified atom stereocenters. The first-order valence-corrected chi connectivity index (χ1v) is 12.5. The summed E-state index contributed by atoms with van der Waals surface area (Å²) in [5.74, 6) is 0.280. The van der Waals surface area contributed by atoms with Crippen molar-refractivity contribution in [2.24, 2.45) is 5.92 Å². The van der Waals surface area contributed by atoms with Crippen LogP contribution in [0, 0.1) is 5.92 Å². The minimum atomic E-state index is -0.268. The molecule has 6 heteroatoms. The second-order valence-electron chi connectivity index (χ2n) is 8.01. The average molecular weight is 460 g/mol. The summed E-state index contributed by atoms with van der Waals surface area (Å²) in [6.45, 7) is 4.24. The summed E-state index contributed by atoms with van der Waals surface area (Å²) in [5, 5.41) is 2.39. The van der Waals surface area contributed by atoms with Gasteiger partial charge in [0.25, 0.3) is 0 Å². The fraction of sp³-hybridized carbons (Fsp3) is 0.538. The second kappa shape index (κ2) is 14.9. The van der Waals surface area contributed by atoms with Gasteiger partial charge in [-0.2, -0.15) is 0 Å². The Balaban J connectivity index is 2.10. The lowest BCUT2D eigenvalue weighted by molar-refractivity contribution is -0.141. The first kappa shape index (κ1) is 26.2. The van der Waals surface area contributed by atoms with Crippen LogP contribution in [0.2, 0.25) is 0 Å². The number of benzene rings is 2. The Bertz CT molecular complexity index is 831. The van der Waals surface area contributed by atoms with Crippen LogP contribution in [0.15, 0.2) is 47.4 Å². The number of nitrogens with zero attached hydrogens (tertiary/aromatic N) is 1. The van der Waals surface area contributed by atoms with E-state index in [0.29, 0.717) is 25.3 Å². The quantitative estimate of drug-likeness (QED) is 0.198. The van der Waals surface area contributed by atoms with Crippen molar-refractivity contribution in [3.05, 3.63) is 42.5 Å². The number of fused-ring (bicyclic) bond motifs is 1. The summed E-state index contributed by atoms with van der Waals surface area (Å²) < 4.78 is 10.0. The van der Waals surface area contributed by atoms with Gasteiger partial charge in [-0.05, 0) is 42.2 Å². The van der Waals surface area contributed by atoms with Crippen LogP contribution in [-0.2, 0) is 19.1 Å². The zero-order chi connectivity index (χ0) is 23.2. The second-order valence-corrected chi connectivity index (χ2v) is 9.10. The highest BCUT2D eigenvalue weighted by Gasteiger charge is 2.25. The maximum atomic E-state index is 13.5. The maximum absolute atomic E-state index is 13.5. The van der Waals surface area contributed by atoms with Crippen molar-refractivity contribution in [1.29, 1.82) is 0 Å². The molecule has 0 radical (unpaired) electrons. The van der Waals surface area contributed by atoms with Gasteiger partial charge in [0.1, 0.15) is 0 Å². The first-order chi connectivity index (χ1) is 15.6. The lowest BCUT2D eigenvalue weighted by atomic mass is 10.0. The number of carbonyl (C=O) groups is 2. The molecule has 2 rings (SSSR count). The fourth-order valence-corrected chi connectivity index (χ4v) is 4.75. The van der Waals surface area contributed by atoms with Crippen LogP contribution < -0.4 is 0 Å². The SMILES string of the molecule is CCCCCN(CCCOC)C(=O)[C@H](CCC(=O)OC)CSc1ccc2ccccc2c1. The van der Waals surface area contributed by atoms with Crippen LogP contribution in [0.4, 0.5) is 0 Å². The van der Waals surface area contributed by atoms with Gasteiger partial charge < -0.3 is 14.4 Å². The monoisotopic (exact) mass is 459 g/mol. The van der Waals surface area contributed by atoms with Crippen LogP contribution in [0.3, 0.4) is 0 Å². The van der Waals surface area contributed by atoms with E-state index in [1.165, 1.54) is 17.9 Å². The number of hydrogen-bond donors (Lipinski definition) is 0. The van der Waals surface area contributed by atoms with Crippen LogP contribution in [0.5, 0.6) is 0 Å². The molecule has 2 aromatic carbocycles. The number of rotatable bonds is 15. The molecule has 0 fully saturated rings. The summed E-state index contributed by atoms with van der Waals surface area (Å²) in [4.78, 5) is 28.4. The van der Waals surface area contributed by atoms with Crippen molar-refractivity contribution < 1.29 is 19.1 Å². The van der Waals surface area contributed by atoms with Gasteiger partial charge in [-0.3, -0.25) is 9.59 Å². The molecule has 0 spiro atoms. The molecule has 5 nitrogen and oxygen atoms in total. The minimum Gasteiger partial charge on any atom is -0.469 e. The highest BCUT2D eigenvalue weighted by Crippen LogP contribution is 2.27. The molecule has 2 aromatic rings. The molecule has 0 aromatic heterocycles. The molecule has 0 bridgehead atoms. The Morgan fingerprint density at radius 2 is 1.75 bits per heavy atom. The van der Waals surface area contributed by atoms with E-state index in [9.17, 15) is 9.59 Å². The summed E-state index contributed by atoms with van der Waals surface area (Å²) in [6, 6.07) is 14.7. The molecular weight excluding hydrogens is 422 g/mol. The molecule has 176 valence electrons. The van der Waals surface area contributed by atoms with Crippen LogP contribution in [-0.4, -0.2) is 56.4 Å². The molecule has 0 aliphatic carbocycles. The lowest BCUT2D eigenvalue weighted by Gasteiger charge is -2.27. The third-order valence-corrected chi connectivity index (χ3v) is 6.72. The van der Waals surface area contributed by atoms with Gasteiger partial charge in [0.2, 0.25) is 5.91 Å². The van der Waals surface area contributed by atoms with Crippen molar-refractivity contribution in [3.63, 3.8) is 0 Å². The van der Waals surface area contributed by atoms with Crippen molar-refractivity contribution in [1.82, 2.24) is 4.90 Å². The molecule has 0 saturated carbocycles. The summed E-state index contributed by atoms with van der Waals surface area (Å²) >= 11 is 1.68. The average Bonchev–Trinajstić information content (AvgIpc) is 2.82. The number of hydrogen-bond acceptors (Lipinski definition) is 5. The molecule has 0 aliphatic rings. The predicted molar refractivity (Wildman–Crippen MR) is 132 cm³/mol. The van der Waals surface area contributed by atoms with E-state index in [4.69, 9.17) is 9.47 Å². The molecule has 1 atom stereocenters. The molecule has 0 heterocycles. The highest BCUT2D eigenvalue weighted by atomic mass is 32.2. The van der Waals surface area contributed by atoms with Gasteiger partial charge in [0, 0.05) is 49.8 Å². The van der Waals surface area contributed by atoms with Gasteiger partial charge in [-0.1, -0.05) is 50.1 Å². The normalized spacial score (nSPS) is 12.0. The van der Waals surface area contributed by atoms with Crippen molar-refractivity contribution >= 4 is 34.4 Å². The Morgan fingerprint density at radius 3 is 2.47 bits per heavy atom. The third-order valence-electron chi connectivity index (χ3n) is 5.57. The number of amides is 1. The summed E-state index contributed by atoms with van der Waals surface area (Å²) in [7, 11) is 3.08. The van der Waals surface area contributed by atoms with Crippen LogP contribution in [0.25, 0.3) is 10.8 Å². The number of methoxy groups -OCH3 is 2. The number of esters is 1. The number of ether oxygens (including phenoxy) is 2. The Labute approximate surface area is 196 Å². The van der Waals surface area contributed by atoms with E-state index in [1.807, 2.05) is 17.0 Å². The predicted octanol–water partition coefficient (Wildman–Crippen LogP) is 5.56. The Kier molecular flexibility index (Phi) is 12.2. The van der Waals surface area contributed by atoms with Gasteiger partial charge in [-0.25, -0.2) is 0 Å². The molecule has 1 amide bonds. The number of unbranched alkanes of at least 4 members (excludes halogenated alkanes) is 2. The van der Waals surface area contributed by atoms with Crippen molar-refractivity contribution in [2.45, 2.75) is 50.3 Å². The van der Waals surface area contributed by atoms with E-state index in [1.54, 1.807) is 18.9 Å². The standard InChI is InChI=1S/C26H37NO4S/c1-4-5-8-16-27(17-9-18-30-2)26(29)23(13-15-25(28)31-3)20-32-24-14-12-21-10-6-7-11-22(21)19-24/h6-7,10-12,14,19,23H,4-5,8-9,13,15-18,20H2,1-3H3/t23-/m1/s1. The van der Waals surface area contributed by atoms with E-state index in [2.05, 4.69) is 37.3 Å². The maximum Gasteiger partial charge on any atom is 0.305 e. The van der Waals surface area contributed by atoms with Crippen molar-refractivity contribution in [2.75, 3.05) is 39.7 Å². The van der Waals surface area contributed by atoms with E-state index in [-0.39, 0.29) is 24.2 Å². The van der Waals surface area contributed by atoms with Crippen molar-refractivity contribution in [3.8, 4) is 0 Å². The summed E-state index contributed by atoms with van der Waals surface area (Å²) in [5.41, 5.74) is 0. The van der Waals surface area contributed by atoms with Crippen LogP contribution >= 0.6 is 11.8 Å². The Morgan fingerprint density at radius 1 is 1.00 bits per heavy atom. The van der Waals surface area contributed by atoms with Gasteiger partial charge >= 0.3 is 5.97 Å². The van der Waals surface area contributed by atoms with Gasteiger partial charge in [0.15, 0.2) is 0 Å². The van der Waals surface area contributed by atoms with E-state index >= 15 is 0 Å². The first-order valence-electron chi connectivity index (χ1n) is 11.5. The zero-order valence-electron chi connectivity index (χ0n) is 19.7.